The largest absolute Gasteiger partial charge is 0.352 e. The Kier molecular flexibility index (Phi) is 5.79. The van der Waals surface area contributed by atoms with Crippen LogP contribution in [0.1, 0.15) is 12.0 Å². The highest BCUT2D eigenvalue weighted by Crippen LogP contribution is 2.22. The van der Waals surface area contributed by atoms with Crippen LogP contribution in [0.4, 0.5) is 4.39 Å². The van der Waals surface area contributed by atoms with Gasteiger partial charge in [0.1, 0.15) is 5.82 Å². The molecule has 0 amide bonds. The van der Waals surface area contributed by atoms with Crippen molar-refractivity contribution in [2.24, 2.45) is 4.99 Å². The van der Waals surface area contributed by atoms with Gasteiger partial charge in [0.05, 0.1) is 0 Å². The van der Waals surface area contributed by atoms with Gasteiger partial charge in [-0.3, -0.25) is 9.89 Å². The third-order valence-electron chi connectivity index (χ3n) is 4.72. The van der Waals surface area contributed by atoms with Gasteiger partial charge in [0.2, 0.25) is 0 Å². The molecule has 0 radical (unpaired) electrons. The fraction of sp³-hybridized carbons (Fsp3) is 0.500. The van der Waals surface area contributed by atoms with E-state index in [9.17, 15) is 4.39 Å². The number of benzene rings is 1. The summed E-state index contributed by atoms with van der Waals surface area (Å²) < 4.78 is 13.5. The van der Waals surface area contributed by atoms with Gasteiger partial charge >= 0.3 is 0 Å². The average Bonchev–Trinajstić information content (AvgIpc) is 3.27. The van der Waals surface area contributed by atoms with E-state index in [0.29, 0.717) is 12.6 Å². The number of aliphatic imine (C=N–C) groups is 1. The Morgan fingerprint density at radius 1 is 1.38 bits per heavy atom. The zero-order valence-corrected chi connectivity index (χ0v) is 15.2. The molecule has 1 aromatic carbocycles. The lowest BCUT2D eigenvalue weighted by Crippen LogP contribution is -2.42. The molecule has 1 fully saturated rings. The van der Waals surface area contributed by atoms with Gasteiger partial charge in [0.25, 0.3) is 0 Å². The van der Waals surface area contributed by atoms with Gasteiger partial charge in [0.15, 0.2) is 5.96 Å². The van der Waals surface area contributed by atoms with Crippen molar-refractivity contribution < 1.29 is 4.39 Å². The van der Waals surface area contributed by atoms with Crippen LogP contribution in [0.15, 0.2) is 40.2 Å². The third-order valence-corrected chi connectivity index (χ3v) is 5.56. The molecule has 0 spiro atoms. The summed E-state index contributed by atoms with van der Waals surface area (Å²) in [5.41, 5.74) is 0.975. The molecular weight excluding hydrogens is 323 g/mol. The summed E-state index contributed by atoms with van der Waals surface area (Å²) in [4.78, 5) is 10.3. The summed E-state index contributed by atoms with van der Waals surface area (Å²) in [6, 6.07) is 5.55. The van der Waals surface area contributed by atoms with Crippen LogP contribution in [0.5, 0.6) is 0 Å². The first-order valence-corrected chi connectivity index (χ1v) is 9.61. The summed E-state index contributed by atoms with van der Waals surface area (Å²) in [6.07, 6.45) is 7.66. The van der Waals surface area contributed by atoms with Crippen molar-refractivity contribution in [3.63, 3.8) is 0 Å². The van der Waals surface area contributed by atoms with Crippen LogP contribution < -0.4 is 5.32 Å². The first-order valence-electron chi connectivity index (χ1n) is 8.38. The molecule has 1 aromatic rings. The molecule has 3 rings (SSSR count). The van der Waals surface area contributed by atoms with Gasteiger partial charge in [-0.2, -0.15) is 0 Å². The van der Waals surface area contributed by atoms with Gasteiger partial charge in [-0.15, -0.1) is 11.8 Å². The van der Waals surface area contributed by atoms with Crippen molar-refractivity contribution in [2.75, 3.05) is 39.5 Å². The van der Waals surface area contributed by atoms with Gasteiger partial charge in [-0.25, -0.2) is 4.39 Å². The van der Waals surface area contributed by atoms with Crippen LogP contribution in [0.3, 0.4) is 0 Å². The second-order valence-corrected chi connectivity index (χ2v) is 7.02. The monoisotopic (exact) mass is 348 g/mol. The van der Waals surface area contributed by atoms with Gasteiger partial charge in [-0.1, -0.05) is 12.2 Å². The van der Waals surface area contributed by atoms with Crippen LogP contribution in [-0.2, 0) is 6.54 Å². The SMILES string of the molecule is CN=C(NCc1cc(F)ccc1SC)N1CCC(N2CC=CC2)C1. The highest BCUT2D eigenvalue weighted by molar-refractivity contribution is 7.98. The Morgan fingerprint density at radius 2 is 2.17 bits per heavy atom. The lowest BCUT2D eigenvalue weighted by Gasteiger charge is -2.25. The summed E-state index contributed by atoms with van der Waals surface area (Å²) in [5.74, 6) is 0.711. The summed E-state index contributed by atoms with van der Waals surface area (Å²) in [6.45, 7) is 4.72. The molecular formula is C18H25FN4S. The fourth-order valence-corrected chi connectivity index (χ4v) is 4.01. The van der Waals surface area contributed by atoms with Crippen LogP contribution in [0, 0.1) is 5.82 Å². The van der Waals surface area contributed by atoms with Gasteiger partial charge < -0.3 is 10.2 Å². The maximum atomic E-state index is 13.5. The minimum atomic E-state index is -0.192. The summed E-state index contributed by atoms with van der Waals surface area (Å²) in [5, 5.41) is 3.40. The number of nitrogens with one attached hydrogen (secondary N) is 1. The van der Waals surface area contributed by atoms with Crippen LogP contribution in [-0.4, -0.2) is 61.3 Å². The minimum Gasteiger partial charge on any atom is -0.352 e. The topological polar surface area (TPSA) is 30.9 Å². The number of thioether (sulfide) groups is 1. The van der Waals surface area contributed by atoms with E-state index in [1.54, 1.807) is 17.8 Å². The second-order valence-electron chi connectivity index (χ2n) is 6.17. The van der Waals surface area contributed by atoms with E-state index < -0.39 is 0 Å². The van der Waals surface area contributed by atoms with Crippen LogP contribution in [0.2, 0.25) is 0 Å². The standard InChI is InChI=1S/C18H25FN4S/c1-20-18(21-12-14-11-15(19)5-6-17(14)24-2)23-10-7-16(13-23)22-8-3-4-9-22/h3-6,11,16H,7-10,12-13H2,1-2H3,(H,20,21). The summed E-state index contributed by atoms with van der Waals surface area (Å²) in [7, 11) is 1.81. The maximum Gasteiger partial charge on any atom is 0.193 e. The number of hydrogen-bond donors (Lipinski definition) is 1. The lowest BCUT2D eigenvalue weighted by atomic mass is 10.2. The highest BCUT2D eigenvalue weighted by atomic mass is 32.2. The van der Waals surface area contributed by atoms with E-state index in [4.69, 9.17) is 0 Å². The molecule has 1 unspecified atom stereocenters. The Bertz CT molecular complexity index is 623. The van der Waals surface area contributed by atoms with E-state index in [2.05, 4.69) is 32.3 Å². The van der Waals surface area contributed by atoms with Crippen LogP contribution >= 0.6 is 11.8 Å². The lowest BCUT2D eigenvalue weighted by molar-refractivity contribution is 0.259. The molecule has 1 N–H and O–H groups in total. The third kappa shape index (κ3) is 3.92. The van der Waals surface area contributed by atoms with Crippen molar-refractivity contribution >= 4 is 17.7 Å². The quantitative estimate of drug-likeness (QED) is 0.392. The van der Waals surface area contributed by atoms with Gasteiger partial charge in [-0.05, 0) is 36.4 Å². The Morgan fingerprint density at radius 3 is 2.88 bits per heavy atom. The van der Waals surface area contributed by atoms with E-state index in [0.717, 1.165) is 42.6 Å². The molecule has 6 heteroatoms. The number of rotatable bonds is 4. The van der Waals surface area contributed by atoms with Crippen LogP contribution in [0.25, 0.3) is 0 Å². The Balaban J connectivity index is 1.59. The summed E-state index contributed by atoms with van der Waals surface area (Å²) >= 11 is 1.64. The molecule has 1 atom stereocenters. The molecule has 2 aliphatic heterocycles. The highest BCUT2D eigenvalue weighted by Gasteiger charge is 2.29. The Labute approximate surface area is 147 Å². The molecule has 0 aliphatic carbocycles. The molecule has 0 saturated carbocycles. The van der Waals surface area contributed by atoms with E-state index in [-0.39, 0.29) is 5.82 Å². The predicted molar refractivity (Wildman–Crippen MR) is 99.1 cm³/mol. The number of hydrogen-bond acceptors (Lipinski definition) is 3. The molecule has 2 aliphatic rings. The normalized spacial score (nSPS) is 21.7. The molecule has 130 valence electrons. The van der Waals surface area contributed by atoms with E-state index in [1.165, 1.54) is 12.5 Å². The smallest absolute Gasteiger partial charge is 0.193 e. The molecule has 4 nitrogen and oxygen atoms in total. The number of guanidine groups is 1. The molecule has 24 heavy (non-hydrogen) atoms. The molecule has 1 saturated heterocycles. The number of likely N-dealkylation sites (tertiary alicyclic amines) is 1. The van der Waals surface area contributed by atoms with Crippen molar-refractivity contribution in [1.29, 1.82) is 0 Å². The molecule has 2 heterocycles. The van der Waals surface area contributed by atoms with E-state index >= 15 is 0 Å². The first kappa shape index (κ1) is 17.3. The maximum absolute atomic E-state index is 13.5. The van der Waals surface area contributed by atoms with Gasteiger partial charge in [0, 0.05) is 50.7 Å². The minimum absolute atomic E-state index is 0.192. The van der Waals surface area contributed by atoms with Crippen molar-refractivity contribution in [1.82, 2.24) is 15.1 Å². The Hall–Kier alpha value is -1.53. The van der Waals surface area contributed by atoms with Crippen molar-refractivity contribution in [2.45, 2.75) is 23.9 Å². The van der Waals surface area contributed by atoms with Crippen molar-refractivity contribution in [3.8, 4) is 0 Å². The number of nitrogens with zero attached hydrogens (tertiary/aromatic N) is 3. The second kappa shape index (κ2) is 8.03. The molecule has 0 aromatic heterocycles. The average molecular weight is 348 g/mol. The van der Waals surface area contributed by atoms with E-state index in [1.807, 2.05) is 19.4 Å². The number of halogens is 1. The molecule has 0 bridgehead atoms. The predicted octanol–water partition coefficient (Wildman–Crippen LogP) is 2.57. The fourth-order valence-electron chi connectivity index (χ4n) is 3.42. The van der Waals surface area contributed by atoms with Crippen molar-refractivity contribution in [3.05, 3.63) is 41.7 Å². The zero-order valence-electron chi connectivity index (χ0n) is 14.3. The zero-order chi connectivity index (χ0) is 16.9. The first-order chi connectivity index (χ1) is 11.7.